The van der Waals surface area contributed by atoms with E-state index < -0.39 is 0 Å². The minimum absolute atomic E-state index is 0.142. The molecule has 1 aliphatic rings. The summed E-state index contributed by atoms with van der Waals surface area (Å²) < 4.78 is 12.6. The van der Waals surface area contributed by atoms with Gasteiger partial charge in [0.2, 0.25) is 5.91 Å². The lowest BCUT2D eigenvalue weighted by molar-refractivity contribution is -0.113. The molecular formula is C16H15N5O4S. The van der Waals surface area contributed by atoms with Gasteiger partial charge in [-0.05, 0) is 12.1 Å². The molecule has 0 atom stereocenters. The number of rotatable bonds is 4. The van der Waals surface area contributed by atoms with E-state index >= 15 is 0 Å². The van der Waals surface area contributed by atoms with Gasteiger partial charge in [-0.3, -0.25) is 9.59 Å². The van der Waals surface area contributed by atoms with E-state index in [2.05, 4.69) is 20.3 Å². The number of fused-ring (bicyclic) bond motifs is 2. The maximum Gasteiger partial charge on any atom is 0.278 e. The fourth-order valence-electron chi connectivity index (χ4n) is 2.57. The Bertz CT molecular complexity index is 1040. The molecule has 10 heteroatoms. The number of hydrogen-bond donors (Lipinski definition) is 2. The first-order valence-electron chi connectivity index (χ1n) is 7.84. The molecule has 0 aliphatic carbocycles. The molecule has 9 nitrogen and oxygen atoms in total. The zero-order chi connectivity index (χ0) is 18.1. The molecule has 0 saturated heterocycles. The predicted octanol–water partition coefficient (Wildman–Crippen LogP) is 1.16. The number of nitrogens with zero attached hydrogens (tertiary/aromatic N) is 3. The number of nitrogens with one attached hydrogen (secondary N) is 2. The Morgan fingerprint density at radius 3 is 2.96 bits per heavy atom. The van der Waals surface area contributed by atoms with Crippen molar-refractivity contribution >= 4 is 34.5 Å². The molecule has 0 unspecified atom stereocenters. The second-order valence-corrected chi connectivity index (χ2v) is 6.50. The van der Waals surface area contributed by atoms with Gasteiger partial charge < -0.3 is 24.3 Å². The molecule has 26 heavy (non-hydrogen) atoms. The van der Waals surface area contributed by atoms with Gasteiger partial charge >= 0.3 is 0 Å². The van der Waals surface area contributed by atoms with Crippen molar-refractivity contribution in [1.82, 2.24) is 19.5 Å². The van der Waals surface area contributed by atoms with Gasteiger partial charge in [0.25, 0.3) is 5.56 Å². The molecule has 2 N–H and O–H groups in total. The van der Waals surface area contributed by atoms with Crippen molar-refractivity contribution in [1.29, 1.82) is 0 Å². The third-order valence-corrected chi connectivity index (χ3v) is 4.81. The van der Waals surface area contributed by atoms with Crippen LogP contribution in [0.2, 0.25) is 0 Å². The van der Waals surface area contributed by atoms with Crippen LogP contribution in [-0.2, 0) is 11.8 Å². The fraction of sp³-hybridized carbons (Fsp3) is 0.250. The fourth-order valence-corrected chi connectivity index (χ4v) is 3.34. The van der Waals surface area contributed by atoms with Crippen molar-refractivity contribution in [2.75, 3.05) is 24.3 Å². The standard InChI is InChI=1S/C16H15N5O4S/c1-21-14-13(15(23)18-8-17-14)20-16(21)26-7-12(22)19-9-2-3-10-11(6-9)25-5-4-24-10/h2-3,6,8H,4-5,7H2,1H3,(H,19,22)(H,17,18,23). The van der Waals surface area contributed by atoms with E-state index in [0.717, 1.165) is 0 Å². The van der Waals surface area contributed by atoms with Crippen LogP contribution in [0.25, 0.3) is 11.2 Å². The number of carbonyl (C=O) groups excluding carboxylic acids is 1. The number of anilines is 1. The lowest BCUT2D eigenvalue weighted by Gasteiger charge is -2.18. The van der Waals surface area contributed by atoms with Gasteiger partial charge in [-0.2, -0.15) is 0 Å². The van der Waals surface area contributed by atoms with Crippen LogP contribution < -0.4 is 20.3 Å². The van der Waals surface area contributed by atoms with Crippen LogP contribution in [0.4, 0.5) is 5.69 Å². The summed E-state index contributed by atoms with van der Waals surface area (Å²) in [5.41, 5.74) is 1.05. The third-order valence-electron chi connectivity index (χ3n) is 3.78. The van der Waals surface area contributed by atoms with E-state index in [1.54, 1.807) is 29.8 Å². The summed E-state index contributed by atoms with van der Waals surface area (Å²) in [4.78, 5) is 34.8. The summed E-state index contributed by atoms with van der Waals surface area (Å²) in [7, 11) is 1.75. The Morgan fingerprint density at radius 1 is 1.35 bits per heavy atom. The zero-order valence-corrected chi connectivity index (χ0v) is 14.6. The molecule has 134 valence electrons. The lowest BCUT2D eigenvalue weighted by Crippen LogP contribution is -2.17. The van der Waals surface area contributed by atoms with Crippen LogP contribution in [0.1, 0.15) is 0 Å². The number of H-pyrrole nitrogens is 1. The van der Waals surface area contributed by atoms with E-state index in [-0.39, 0.29) is 22.7 Å². The largest absolute Gasteiger partial charge is 0.486 e. The first-order valence-corrected chi connectivity index (χ1v) is 8.83. The number of amides is 1. The number of carbonyl (C=O) groups is 1. The van der Waals surface area contributed by atoms with E-state index in [4.69, 9.17) is 9.47 Å². The number of hydrogen-bond acceptors (Lipinski definition) is 7. The van der Waals surface area contributed by atoms with E-state index in [9.17, 15) is 9.59 Å². The topological polar surface area (TPSA) is 111 Å². The van der Waals surface area contributed by atoms with Crippen LogP contribution in [-0.4, -0.2) is 44.4 Å². The van der Waals surface area contributed by atoms with Crippen LogP contribution in [0.3, 0.4) is 0 Å². The molecule has 3 aromatic rings. The van der Waals surface area contributed by atoms with Crippen molar-refractivity contribution in [3.8, 4) is 11.5 Å². The number of aromatic nitrogens is 4. The molecule has 0 bridgehead atoms. The lowest BCUT2D eigenvalue weighted by atomic mass is 10.2. The number of aryl methyl sites for hydroxylation is 1. The number of aromatic amines is 1. The summed E-state index contributed by atoms with van der Waals surface area (Å²) in [5, 5.41) is 3.35. The third kappa shape index (κ3) is 3.10. The smallest absolute Gasteiger partial charge is 0.278 e. The SMILES string of the molecule is Cn1c(SCC(=O)Nc2ccc3c(c2)OCCO3)nc2c(=O)[nH]cnc21. The minimum atomic E-state index is -0.307. The molecule has 3 heterocycles. The predicted molar refractivity (Wildman–Crippen MR) is 95.9 cm³/mol. The quantitative estimate of drug-likeness (QED) is 0.660. The maximum absolute atomic E-state index is 12.2. The van der Waals surface area contributed by atoms with Gasteiger partial charge in [0.1, 0.15) is 13.2 Å². The van der Waals surface area contributed by atoms with Crippen LogP contribution >= 0.6 is 11.8 Å². The van der Waals surface area contributed by atoms with E-state index in [1.807, 2.05) is 0 Å². The number of benzene rings is 1. The second kappa shape index (κ2) is 6.71. The Morgan fingerprint density at radius 2 is 2.15 bits per heavy atom. The summed E-state index contributed by atoms with van der Waals surface area (Å²) in [5.74, 6) is 1.23. The molecule has 0 saturated carbocycles. The number of thioether (sulfide) groups is 1. The molecule has 2 aromatic heterocycles. The molecule has 0 radical (unpaired) electrons. The highest BCUT2D eigenvalue weighted by atomic mass is 32.2. The monoisotopic (exact) mass is 373 g/mol. The number of imidazole rings is 1. The van der Waals surface area contributed by atoms with Crippen molar-refractivity contribution in [2.24, 2.45) is 7.05 Å². The first-order chi connectivity index (χ1) is 12.6. The first kappa shape index (κ1) is 16.5. The van der Waals surface area contributed by atoms with Crippen molar-refractivity contribution < 1.29 is 14.3 Å². The van der Waals surface area contributed by atoms with Crippen molar-refractivity contribution in [3.05, 3.63) is 34.9 Å². The van der Waals surface area contributed by atoms with E-state index in [1.165, 1.54) is 18.1 Å². The van der Waals surface area contributed by atoms with Crippen LogP contribution in [0.15, 0.2) is 34.5 Å². The average Bonchev–Trinajstić information content (AvgIpc) is 2.97. The van der Waals surface area contributed by atoms with Gasteiger partial charge in [0, 0.05) is 18.8 Å². The molecule has 0 fully saturated rings. The van der Waals surface area contributed by atoms with Gasteiger partial charge in [-0.25, -0.2) is 9.97 Å². The van der Waals surface area contributed by atoms with E-state index in [0.29, 0.717) is 41.2 Å². The van der Waals surface area contributed by atoms with Crippen LogP contribution in [0, 0.1) is 0 Å². The van der Waals surface area contributed by atoms with Crippen molar-refractivity contribution in [3.63, 3.8) is 0 Å². The highest BCUT2D eigenvalue weighted by Gasteiger charge is 2.15. The Kier molecular flexibility index (Phi) is 4.25. The Labute approximate surface area is 151 Å². The Balaban J connectivity index is 1.44. The van der Waals surface area contributed by atoms with Gasteiger partial charge in [-0.15, -0.1) is 0 Å². The minimum Gasteiger partial charge on any atom is -0.486 e. The summed E-state index contributed by atoms with van der Waals surface area (Å²) in [6.07, 6.45) is 1.33. The summed E-state index contributed by atoms with van der Waals surface area (Å²) in [6, 6.07) is 5.25. The molecular weight excluding hydrogens is 358 g/mol. The highest BCUT2D eigenvalue weighted by Crippen LogP contribution is 2.32. The molecule has 0 spiro atoms. The zero-order valence-electron chi connectivity index (χ0n) is 13.8. The van der Waals surface area contributed by atoms with Crippen LogP contribution in [0.5, 0.6) is 11.5 Å². The Hall–Kier alpha value is -3.01. The summed E-state index contributed by atoms with van der Waals surface area (Å²) in [6.45, 7) is 1.01. The maximum atomic E-state index is 12.2. The van der Waals surface area contributed by atoms with Crippen molar-refractivity contribution in [2.45, 2.75) is 5.16 Å². The highest BCUT2D eigenvalue weighted by molar-refractivity contribution is 7.99. The molecule has 1 aliphatic heterocycles. The normalized spacial score (nSPS) is 13.0. The molecule has 1 aromatic carbocycles. The molecule has 4 rings (SSSR count). The molecule has 1 amide bonds. The summed E-state index contributed by atoms with van der Waals surface area (Å²) >= 11 is 1.23. The van der Waals surface area contributed by atoms with Gasteiger partial charge in [0.05, 0.1) is 12.1 Å². The second-order valence-electron chi connectivity index (χ2n) is 5.55. The van der Waals surface area contributed by atoms with Gasteiger partial charge in [-0.1, -0.05) is 11.8 Å². The average molecular weight is 373 g/mol. The number of ether oxygens (including phenoxy) is 2. The van der Waals surface area contributed by atoms with Gasteiger partial charge in [0.15, 0.2) is 27.8 Å².